The Morgan fingerprint density at radius 3 is 2.62 bits per heavy atom. The van der Waals surface area contributed by atoms with E-state index in [0.717, 1.165) is 4.90 Å². The van der Waals surface area contributed by atoms with E-state index in [1.54, 1.807) is 24.4 Å². The van der Waals surface area contributed by atoms with Crippen LogP contribution in [-0.4, -0.2) is 55.8 Å². The third-order valence-electron chi connectivity index (χ3n) is 4.88. The number of nitrogens with one attached hydrogen (secondary N) is 2. The van der Waals surface area contributed by atoms with Crippen molar-refractivity contribution >= 4 is 50.2 Å². The van der Waals surface area contributed by atoms with Gasteiger partial charge in [0.05, 0.1) is 41.8 Å². The number of nitro groups is 1. The first-order chi connectivity index (χ1) is 13.7. The number of hydrogen-bond acceptors (Lipinski definition) is 6. The quantitative estimate of drug-likeness (QED) is 0.498. The molecule has 156 valence electrons. The summed E-state index contributed by atoms with van der Waals surface area (Å²) in [4.78, 5) is 23.9. The third-order valence-corrected chi connectivity index (χ3v) is 8.48. The Labute approximate surface area is 177 Å². The fraction of sp³-hybridized carbons (Fsp3) is 0.353. The summed E-state index contributed by atoms with van der Waals surface area (Å²) in [6.45, 7) is 3.30. The second-order valence-electron chi connectivity index (χ2n) is 6.63. The molecule has 1 aliphatic rings. The molecule has 0 radical (unpaired) electrons. The lowest BCUT2D eigenvalue weighted by atomic mass is 10.2. The molecule has 1 amide bonds. The van der Waals surface area contributed by atoms with E-state index in [4.69, 9.17) is 11.6 Å². The Balaban J connectivity index is 1.62. The van der Waals surface area contributed by atoms with Crippen LogP contribution in [0.2, 0.25) is 5.02 Å². The predicted molar refractivity (Wildman–Crippen MR) is 110 cm³/mol. The zero-order valence-corrected chi connectivity index (χ0v) is 17.9. The summed E-state index contributed by atoms with van der Waals surface area (Å²) < 4.78 is 27.0. The Kier molecular flexibility index (Phi) is 6.54. The van der Waals surface area contributed by atoms with Crippen LogP contribution in [0.5, 0.6) is 0 Å². The first-order valence-electron chi connectivity index (χ1n) is 8.83. The van der Waals surface area contributed by atoms with Crippen molar-refractivity contribution in [1.82, 2.24) is 4.31 Å². The molecule has 1 atom stereocenters. The van der Waals surface area contributed by atoms with Gasteiger partial charge in [0.15, 0.2) is 6.04 Å². The molecule has 3 rings (SSSR count). The maximum absolute atomic E-state index is 12.6. The summed E-state index contributed by atoms with van der Waals surface area (Å²) in [5.41, 5.74) is 0.00752. The fourth-order valence-electron chi connectivity index (χ4n) is 3.13. The molecule has 29 heavy (non-hydrogen) atoms. The number of carbonyl (C=O) groups excluding carboxylic acids is 1. The van der Waals surface area contributed by atoms with Crippen molar-refractivity contribution in [1.29, 1.82) is 0 Å². The van der Waals surface area contributed by atoms with E-state index in [-0.39, 0.29) is 22.3 Å². The lowest BCUT2D eigenvalue weighted by Gasteiger charge is -2.33. The largest absolute Gasteiger partial charge is 0.323 e. The standard InChI is InChI=1S/C17H19ClN4O5S2/c1-12(17(23)19-15-11-13(22(24)25)4-5-14(15)18)20-6-8-21(9-7-20)29(26,27)16-3-2-10-28-16/h2-5,10-12H,6-9H2,1H3,(H,19,23)/p+1/t12-/m0/s1. The van der Waals surface area contributed by atoms with Gasteiger partial charge in [0.2, 0.25) is 0 Å². The second kappa shape index (κ2) is 8.76. The average molecular weight is 460 g/mol. The zero-order chi connectivity index (χ0) is 21.2. The van der Waals surface area contributed by atoms with Crippen molar-refractivity contribution in [2.45, 2.75) is 17.2 Å². The molecule has 12 heteroatoms. The number of carbonyl (C=O) groups is 1. The molecule has 0 aliphatic carbocycles. The van der Waals surface area contributed by atoms with Gasteiger partial charge >= 0.3 is 0 Å². The number of sulfonamides is 1. The number of nitro benzene ring substituents is 1. The SMILES string of the molecule is C[C@@H](C(=O)Nc1cc([N+](=O)[O-])ccc1Cl)[NH+]1CCN(S(=O)(=O)c2cccs2)CC1. The van der Waals surface area contributed by atoms with Gasteiger partial charge in [0.25, 0.3) is 21.6 Å². The average Bonchev–Trinajstić information content (AvgIpc) is 3.24. The minimum absolute atomic E-state index is 0.169. The normalized spacial score (nSPS) is 17.0. The van der Waals surface area contributed by atoms with Gasteiger partial charge in [-0.15, -0.1) is 11.3 Å². The third kappa shape index (κ3) is 4.75. The smallest absolute Gasteiger partial charge is 0.282 e. The van der Waals surface area contributed by atoms with Gasteiger partial charge in [-0.2, -0.15) is 4.31 Å². The molecule has 0 unspecified atom stereocenters. The van der Waals surface area contributed by atoms with Gasteiger partial charge in [-0.3, -0.25) is 14.9 Å². The lowest BCUT2D eigenvalue weighted by molar-refractivity contribution is -0.917. The number of thiophene rings is 1. The molecule has 1 aromatic carbocycles. The van der Waals surface area contributed by atoms with Crippen LogP contribution in [0, 0.1) is 10.1 Å². The highest BCUT2D eigenvalue weighted by molar-refractivity contribution is 7.91. The molecule has 2 N–H and O–H groups in total. The summed E-state index contributed by atoms with van der Waals surface area (Å²) in [6.07, 6.45) is 0. The van der Waals surface area contributed by atoms with Gasteiger partial charge in [-0.1, -0.05) is 17.7 Å². The summed E-state index contributed by atoms with van der Waals surface area (Å²) in [7, 11) is -3.50. The Hall–Kier alpha value is -2.05. The summed E-state index contributed by atoms with van der Waals surface area (Å²) in [5, 5.41) is 15.5. The van der Waals surface area contributed by atoms with Crippen LogP contribution in [0.25, 0.3) is 0 Å². The van der Waals surface area contributed by atoms with Gasteiger partial charge in [-0.25, -0.2) is 8.42 Å². The lowest BCUT2D eigenvalue weighted by Crippen LogP contribution is -3.19. The molecule has 1 aliphatic heterocycles. The second-order valence-corrected chi connectivity index (χ2v) is 10.1. The monoisotopic (exact) mass is 459 g/mol. The topological polar surface area (TPSA) is 114 Å². The van der Waals surface area contributed by atoms with E-state index in [0.29, 0.717) is 30.4 Å². The number of benzene rings is 1. The van der Waals surface area contributed by atoms with Crippen molar-refractivity contribution in [3.63, 3.8) is 0 Å². The van der Waals surface area contributed by atoms with Crippen molar-refractivity contribution in [2.24, 2.45) is 0 Å². The molecule has 0 saturated carbocycles. The molecule has 2 heterocycles. The number of non-ortho nitro benzene ring substituents is 1. The summed E-state index contributed by atoms with van der Waals surface area (Å²) >= 11 is 7.22. The van der Waals surface area contributed by atoms with E-state index in [1.807, 2.05) is 0 Å². The van der Waals surface area contributed by atoms with Crippen molar-refractivity contribution in [3.8, 4) is 0 Å². The van der Waals surface area contributed by atoms with Crippen molar-refractivity contribution in [2.75, 3.05) is 31.5 Å². The van der Waals surface area contributed by atoms with Gasteiger partial charge in [0, 0.05) is 12.1 Å². The number of piperazine rings is 1. The Morgan fingerprint density at radius 1 is 1.34 bits per heavy atom. The van der Waals surface area contributed by atoms with E-state index < -0.39 is 21.0 Å². The number of rotatable bonds is 6. The number of hydrogen-bond donors (Lipinski definition) is 2. The maximum Gasteiger partial charge on any atom is 0.282 e. The first-order valence-corrected chi connectivity index (χ1v) is 11.5. The van der Waals surface area contributed by atoms with Crippen LogP contribution in [0.3, 0.4) is 0 Å². The zero-order valence-electron chi connectivity index (χ0n) is 15.5. The predicted octanol–water partition coefficient (Wildman–Crippen LogP) is 1.23. The summed E-state index contributed by atoms with van der Waals surface area (Å²) in [5.74, 6) is -0.336. The Bertz CT molecular complexity index is 1000. The molecule has 1 aromatic heterocycles. The van der Waals surface area contributed by atoms with Crippen molar-refractivity contribution in [3.05, 3.63) is 50.8 Å². The van der Waals surface area contributed by atoms with Gasteiger partial charge in [-0.05, 0) is 24.4 Å². The number of anilines is 1. The molecule has 2 aromatic rings. The van der Waals surface area contributed by atoms with Gasteiger partial charge in [0.1, 0.15) is 4.21 Å². The van der Waals surface area contributed by atoms with E-state index in [2.05, 4.69) is 5.32 Å². The maximum atomic E-state index is 12.6. The Morgan fingerprint density at radius 2 is 2.03 bits per heavy atom. The fourth-order valence-corrected chi connectivity index (χ4v) is 5.88. The van der Waals surface area contributed by atoms with Crippen LogP contribution in [-0.2, 0) is 14.8 Å². The van der Waals surface area contributed by atoms with Crippen LogP contribution in [0.4, 0.5) is 11.4 Å². The molecule has 9 nitrogen and oxygen atoms in total. The highest BCUT2D eigenvalue weighted by atomic mass is 35.5. The van der Waals surface area contributed by atoms with Crippen LogP contribution < -0.4 is 10.2 Å². The first kappa shape index (κ1) is 21.7. The minimum Gasteiger partial charge on any atom is -0.323 e. The molecular weight excluding hydrogens is 440 g/mol. The van der Waals surface area contributed by atoms with Crippen molar-refractivity contribution < 1.29 is 23.0 Å². The molecule has 0 spiro atoms. The highest BCUT2D eigenvalue weighted by Gasteiger charge is 2.35. The van der Waals surface area contributed by atoms with Gasteiger partial charge < -0.3 is 10.2 Å². The molecule has 0 bridgehead atoms. The number of quaternary nitrogens is 1. The molecular formula is C17H20ClN4O5S2+. The van der Waals surface area contributed by atoms with Crippen LogP contribution >= 0.6 is 22.9 Å². The number of halogens is 1. The van der Waals surface area contributed by atoms with Crippen LogP contribution in [0.1, 0.15) is 6.92 Å². The summed E-state index contributed by atoms with van der Waals surface area (Å²) in [6, 6.07) is 6.65. The number of nitrogens with zero attached hydrogens (tertiary/aromatic N) is 2. The van der Waals surface area contributed by atoms with Crippen LogP contribution in [0.15, 0.2) is 39.9 Å². The number of amides is 1. The molecule has 1 fully saturated rings. The van der Waals surface area contributed by atoms with E-state index in [9.17, 15) is 23.3 Å². The van der Waals surface area contributed by atoms with E-state index >= 15 is 0 Å². The minimum atomic E-state index is -3.50. The van der Waals surface area contributed by atoms with E-state index in [1.165, 1.54) is 33.8 Å². The molecule has 1 saturated heterocycles. The highest BCUT2D eigenvalue weighted by Crippen LogP contribution is 2.26.